The van der Waals surface area contributed by atoms with Crippen LogP contribution in [0.25, 0.3) is 0 Å². The molecule has 186 valence electrons. The van der Waals surface area contributed by atoms with Gasteiger partial charge in [-0.05, 0) is 43.6 Å². The molecule has 1 saturated heterocycles. The number of hydrogen-bond donors (Lipinski definition) is 1. The number of furan rings is 1. The summed E-state index contributed by atoms with van der Waals surface area (Å²) in [6, 6.07) is 1.71. The van der Waals surface area contributed by atoms with E-state index in [4.69, 9.17) is 23.4 Å². The minimum absolute atomic E-state index is 0.0419. The molecule has 1 spiro atoms. The fourth-order valence-electron chi connectivity index (χ4n) is 6.83. The lowest BCUT2D eigenvalue weighted by molar-refractivity contribution is -0.260. The number of ether oxygens (including phenoxy) is 4. The van der Waals surface area contributed by atoms with E-state index in [0.717, 1.165) is 21.1 Å². The van der Waals surface area contributed by atoms with Crippen molar-refractivity contribution in [2.75, 3.05) is 14.2 Å². The summed E-state index contributed by atoms with van der Waals surface area (Å²) in [7, 11) is 2.24. The van der Waals surface area contributed by atoms with Gasteiger partial charge in [0.25, 0.3) is 0 Å². The predicted molar refractivity (Wildman–Crippen MR) is 113 cm³/mol. The number of rotatable bonds is 4. The van der Waals surface area contributed by atoms with Gasteiger partial charge in [0.15, 0.2) is 0 Å². The van der Waals surface area contributed by atoms with Crippen molar-refractivity contribution in [1.82, 2.24) is 0 Å². The predicted octanol–water partition coefficient (Wildman–Crippen LogP) is 2.09. The third kappa shape index (κ3) is 3.03. The Morgan fingerprint density at radius 3 is 2.41 bits per heavy atom. The van der Waals surface area contributed by atoms with Crippen molar-refractivity contribution in [3.8, 4) is 0 Å². The van der Waals surface area contributed by atoms with E-state index < -0.39 is 58.4 Å². The van der Waals surface area contributed by atoms with Gasteiger partial charge >= 0.3 is 23.9 Å². The smallest absolute Gasteiger partial charge is 0.343 e. The zero-order chi connectivity index (χ0) is 24.9. The molecule has 10 nitrogen and oxygen atoms in total. The second-order valence-electron chi connectivity index (χ2n) is 9.58. The lowest BCUT2D eigenvalue weighted by Crippen LogP contribution is -2.75. The summed E-state index contributed by atoms with van der Waals surface area (Å²) in [5, 5.41) is 12.0. The molecule has 3 fully saturated rings. The van der Waals surface area contributed by atoms with E-state index in [1.807, 2.05) is 6.92 Å². The number of fused-ring (bicyclic) bond motifs is 2. The van der Waals surface area contributed by atoms with Crippen LogP contribution in [0.15, 0.2) is 23.0 Å². The maximum Gasteiger partial charge on any atom is 0.343 e. The first kappa shape index (κ1) is 24.3. The molecular weight excluding hydrogens is 448 g/mol. The molecule has 4 rings (SSSR count). The quantitative estimate of drug-likeness (QED) is 0.505. The molecule has 0 radical (unpaired) electrons. The van der Waals surface area contributed by atoms with Crippen LogP contribution in [0.3, 0.4) is 0 Å². The Labute approximate surface area is 196 Å². The number of methoxy groups -OCH3 is 2. The van der Waals surface area contributed by atoms with Crippen LogP contribution in [0.5, 0.6) is 0 Å². The zero-order valence-corrected chi connectivity index (χ0v) is 19.7. The van der Waals surface area contributed by atoms with E-state index in [1.54, 1.807) is 6.07 Å². The van der Waals surface area contributed by atoms with Gasteiger partial charge in [0.1, 0.15) is 17.6 Å². The van der Waals surface area contributed by atoms with Crippen LogP contribution in [0, 0.1) is 22.7 Å². The highest BCUT2D eigenvalue weighted by molar-refractivity contribution is 5.94. The van der Waals surface area contributed by atoms with Gasteiger partial charge in [-0.3, -0.25) is 14.4 Å². The summed E-state index contributed by atoms with van der Waals surface area (Å²) in [5.74, 6) is -4.22. The average Bonchev–Trinajstić information content (AvgIpc) is 3.46. The Morgan fingerprint density at radius 2 is 1.82 bits per heavy atom. The summed E-state index contributed by atoms with van der Waals surface area (Å²) >= 11 is 0. The molecule has 2 heterocycles. The molecule has 34 heavy (non-hydrogen) atoms. The number of carbonyl (C=O) groups is 4. The van der Waals surface area contributed by atoms with Crippen LogP contribution in [0.4, 0.5) is 0 Å². The molecule has 7 unspecified atom stereocenters. The molecule has 1 aromatic heterocycles. The van der Waals surface area contributed by atoms with Crippen LogP contribution < -0.4 is 0 Å². The van der Waals surface area contributed by atoms with E-state index >= 15 is 0 Å². The lowest BCUT2D eigenvalue weighted by atomic mass is 9.42. The van der Waals surface area contributed by atoms with E-state index in [9.17, 15) is 24.3 Å². The van der Waals surface area contributed by atoms with Gasteiger partial charge in [-0.2, -0.15) is 0 Å². The molecule has 3 aliphatic rings. The Kier molecular flexibility index (Phi) is 6.00. The standard InChI is InChI=1S/C24H30O10/c1-13-7-9-23(20(27)30-3)17(5-6-18(33-14(2)25)24(23,29)21(28)31-4)22(13)11-16(34-19(22)26)15-8-10-32-12-15/h8,10,12-13,16-18,29H,5-7,9,11H2,1-4H3. The topological polar surface area (TPSA) is 139 Å². The lowest BCUT2D eigenvalue weighted by Gasteiger charge is -2.61. The van der Waals surface area contributed by atoms with Gasteiger partial charge in [-0.25, -0.2) is 4.79 Å². The first-order valence-corrected chi connectivity index (χ1v) is 11.4. The number of hydrogen-bond acceptors (Lipinski definition) is 10. The van der Waals surface area contributed by atoms with Crippen LogP contribution in [0.2, 0.25) is 0 Å². The first-order valence-electron chi connectivity index (χ1n) is 11.4. The summed E-state index contributed by atoms with van der Waals surface area (Å²) < 4.78 is 26.4. The Bertz CT molecular complexity index is 986. The highest BCUT2D eigenvalue weighted by Gasteiger charge is 2.79. The summed E-state index contributed by atoms with van der Waals surface area (Å²) in [6.07, 6.45) is 1.92. The van der Waals surface area contributed by atoms with Crippen molar-refractivity contribution in [3.63, 3.8) is 0 Å². The third-order valence-electron chi connectivity index (χ3n) is 8.35. The minimum atomic E-state index is -2.55. The molecule has 1 aliphatic heterocycles. The number of esters is 4. The fraction of sp³-hybridized carbons (Fsp3) is 0.667. The second-order valence-corrected chi connectivity index (χ2v) is 9.58. The maximum absolute atomic E-state index is 13.6. The highest BCUT2D eigenvalue weighted by atomic mass is 16.6. The normalized spacial score (nSPS) is 39.1. The van der Waals surface area contributed by atoms with Gasteiger partial charge in [-0.15, -0.1) is 0 Å². The van der Waals surface area contributed by atoms with Gasteiger partial charge < -0.3 is 28.5 Å². The van der Waals surface area contributed by atoms with E-state index in [2.05, 4.69) is 0 Å². The molecule has 0 aromatic carbocycles. The SMILES string of the molecule is COC(=O)C1(O)C(OC(C)=O)CCC2C3(CC(c4ccoc4)OC3=O)C(C)CCC21C(=O)OC. The van der Waals surface area contributed by atoms with Gasteiger partial charge in [0.05, 0.1) is 32.2 Å². The van der Waals surface area contributed by atoms with Crippen molar-refractivity contribution in [3.05, 3.63) is 24.2 Å². The van der Waals surface area contributed by atoms with Gasteiger partial charge in [-0.1, -0.05) is 6.92 Å². The fourth-order valence-corrected chi connectivity index (χ4v) is 6.83. The zero-order valence-electron chi connectivity index (χ0n) is 19.7. The molecule has 0 bridgehead atoms. The monoisotopic (exact) mass is 478 g/mol. The van der Waals surface area contributed by atoms with Gasteiger partial charge in [0.2, 0.25) is 5.60 Å². The second kappa shape index (κ2) is 8.41. The van der Waals surface area contributed by atoms with Crippen LogP contribution >= 0.6 is 0 Å². The van der Waals surface area contributed by atoms with E-state index in [0.29, 0.717) is 12.0 Å². The van der Waals surface area contributed by atoms with E-state index in [1.165, 1.54) is 12.5 Å². The van der Waals surface area contributed by atoms with Crippen LogP contribution in [0.1, 0.15) is 57.6 Å². The first-order chi connectivity index (χ1) is 16.1. The maximum atomic E-state index is 13.6. The molecule has 2 aliphatic carbocycles. The largest absolute Gasteiger partial charge is 0.472 e. The Balaban J connectivity index is 1.90. The average molecular weight is 478 g/mol. The molecular formula is C24H30O10. The summed E-state index contributed by atoms with van der Waals surface area (Å²) in [4.78, 5) is 52.2. The van der Waals surface area contributed by atoms with Crippen molar-refractivity contribution in [2.24, 2.45) is 22.7 Å². The molecule has 7 atom stereocenters. The minimum Gasteiger partial charge on any atom is -0.472 e. The van der Waals surface area contributed by atoms with Crippen LogP contribution in [-0.4, -0.2) is 54.9 Å². The Morgan fingerprint density at radius 1 is 1.12 bits per heavy atom. The van der Waals surface area contributed by atoms with Crippen molar-refractivity contribution in [1.29, 1.82) is 0 Å². The third-order valence-corrected chi connectivity index (χ3v) is 8.35. The molecule has 1 N–H and O–H groups in total. The molecule has 1 aromatic rings. The van der Waals surface area contributed by atoms with Crippen molar-refractivity contribution in [2.45, 2.75) is 63.8 Å². The van der Waals surface area contributed by atoms with Gasteiger partial charge in [0, 0.05) is 18.9 Å². The van der Waals surface area contributed by atoms with Crippen molar-refractivity contribution < 1.29 is 47.6 Å². The highest BCUT2D eigenvalue weighted by Crippen LogP contribution is 2.68. The number of aliphatic hydroxyl groups is 1. The molecule has 2 saturated carbocycles. The summed E-state index contributed by atoms with van der Waals surface area (Å²) in [5.41, 5.74) is -4.94. The summed E-state index contributed by atoms with van der Waals surface area (Å²) in [6.45, 7) is 3.07. The number of carbonyl (C=O) groups excluding carboxylic acids is 4. The van der Waals surface area contributed by atoms with Crippen molar-refractivity contribution >= 4 is 23.9 Å². The molecule has 10 heteroatoms. The number of cyclic esters (lactones) is 1. The Hall–Kier alpha value is -2.88. The van der Waals surface area contributed by atoms with E-state index in [-0.39, 0.29) is 31.6 Å². The van der Waals surface area contributed by atoms with Crippen LogP contribution in [-0.2, 0) is 38.1 Å². The molecule has 0 amide bonds.